The molecule has 3 aromatic rings. The predicted molar refractivity (Wildman–Crippen MR) is 135 cm³/mol. The molecule has 3 aromatic carbocycles. The van der Waals surface area contributed by atoms with Crippen LogP contribution in [0.5, 0.6) is 0 Å². The smallest absolute Gasteiger partial charge is 0.259 e. The summed E-state index contributed by atoms with van der Waals surface area (Å²) < 4.78 is 0. The standard InChI is InChI=1S/C28H31N3O3/c1-18(2)15-29-27(33)20(4)30(16-21-9-5-8-19(3)14-21)25(32)17-31-24-13-7-11-22-10-6-12-23(26(22)24)28(31)34/h5-14,18,20H,15-17H2,1-4H3,(H,29,33). The lowest BCUT2D eigenvalue weighted by Gasteiger charge is -2.31. The number of benzene rings is 3. The molecule has 4 rings (SSSR count). The molecule has 34 heavy (non-hydrogen) atoms. The molecule has 1 N–H and O–H groups in total. The molecular formula is C28H31N3O3. The highest BCUT2D eigenvalue weighted by molar-refractivity contribution is 6.26. The second-order valence-electron chi connectivity index (χ2n) is 9.40. The Balaban J connectivity index is 1.61. The highest BCUT2D eigenvalue weighted by atomic mass is 16.2. The molecule has 0 radical (unpaired) electrons. The van der Waals surface area contributed by atoms with Gasteiger partial charge in [0.1, 0.15) is 12.6 Å². The van der Waals surface area contributed by atoms with Crippen molar-refractivity contribution in [3.8, 4) is 0 Å². The van der Waals surface area contributed by atoms with Crippen LogP contribution in [-0.4, -0.2) is 41.8 Å². The van der Waals surface area contributed by atoms with E-state index in [0.29, 0.717) is 18.0 Å². The van der Waals surface area contributed by atoms with Gasteiger partial charge in [0.05, 0.1) is 5.69 Å². The fraction of sp³-hybridized carbons (Fsp3) is 0.321. The van der Waals surface area contributed by atoms with Gasteiger partial charge in [-0.1, -0.05) is 67.9 Å². The molecule has 0 aromatic heterocycles. The zero-order chi connectivity index (χ0) is 24.4. The number of aryl methyl sites for hydroxylation is 1. The Morgan fingerprint density at radius 3 is 2.41 bits per heavy atom. The molecular weight excluding hydrogens is 426 g/mol. The molecule has 6 nitrogen and oxygen atoms in total. The SMILES string of the molecule is Cc1cccc(CN(C(=O)CN2C(=O)c3cccc4cccc2c34)C(C)C(=O)NCC(C)C)c1. The summed E-state index contributed by atoms with van der Waals surface area (Å²) in [7, 11) is 0. The van der Waals surface area contributed by atoms with Gasteiger partial charge < -0.3 is 10.2 Å². The van der Waals surface area contributed by atoms with E-state index in [9.17, 15) is 14.4 Å². The normalized spacial score (nSPS) is 13.4. The summed E-state index contributed by atoms with van der Waals surface area (Å²) in [5.41, 5.74) is 3.36. The largest absolute Gasteiger partial charge is 0.354 e. The van der Waals surface area contributed by atoms with Crippen LogP contribution in [0.3, 0.4) is 0 Å². The van der Waals surface area contributed by atoms with Crippen LogP contribution >= 0.6 is 0 Å². The van der Waals surface area contributed by atoms with Crippen LogP contribution in [0.25, 0.3) is 10.8 Å². The fourth-order valence-electron chi connectivity index (χ4n) is 4.40. The number of nitrogens with one attached hydrogen (secondary N) is 1. The summed E-state index contributed by atoms with van der Waals surface area (Å²) in [6.45, 7) is 8.49. The van der Waals surface area contributed by atoms with Crippen LogP contribution in [-0.2, 0) is 16.1 Å². The molecule has 3 amide bonds. The quantitative estimate of drug-likeness (QED) is 0.548. The van der Waals surface area contributed by atoms with Crippen LogP contribution in [0.15, 0.2) is 60.7 Å². The molecule has 0 aliphatic carbocycles. The monoisotopic (exact) mass is 457 g/mol. The van der Waals surface area contributed by atoms with E-state index in [1.165, 1.54) is 4.90 Å². The lowest BCUT2D eigenvalue weighted by atomic mass is 10.1. The maximum atomic E-state index is 13.6. The number of anilines is 1. The van der Waals surface area contributed by atoms with Gasteiger partial charge in [-0.15, -0.1) is 0 Å². The van der Waals surface area contributed by atoms with Crippen molar-refractivity contribution < 1.29 is 14.4 Å². The second-order valence-corrected chi connectivity index (χ2v) is 9.40. The van der Waals surface area contributed by atoms with Crippen LogP contribution < -0.4 is 10.2 Å². The average Bonchev–Trinajstić information content (AvgIpc) is 3.08. The van der Waals surface area contributed by atoms with E-state index >= 15 is 0 Å². The third-order valence-corrected chi connectivity index (χ3v) is 6.23. The van der Waals surface area contributed by atoms with E-state index in [2.05, 4.69) is 5.32 Å². The lowest BCUT2D eigenvalue weighted by Crippen LogP contribution is -2.51. The number of hydrogen-bond donors (Lipinski definition) is 1. The summed E-state index contributed by atoms with van der Waals surface area (Å²) in [4.78, 5) is 42.8. The molecule has 6 heteroatoms. The van der Waals surface area contributed by atoms with E-state index in [0.717, 1.165) is 27.6 Å². The van der Waals surface area contributed by atoms with Crippen molar-refractivity contribution in [2.24, 2.45) is 5.92 Å². The fourth-order valence-corrected chi connectivity index (χ4v) is 4.40. The number of rotatable bonds is 8. The number of nitrogens with zero attached hydrogens (tertiary/aromatic N) is 2. The van der Waals surface area contributed by atoms with Crippen LogP contribution in [0.2, 0.25) is 0 Å². The summed E-state index contributed by atoms with van der Waals surface area (Å²) in [5.74, 6) is -0.356. The van der Waals surface area contributed by atoms with Crippen LogP contribution in [0, 0.1) is 12.8 Å². The Morgan fingerprint density at radius 1 is 1.00 bits per heavy atom. The Kier molecular flexibility index (Phi) is 6.68. The molecule has 0 saturated carbocycles. The zero-order valence-corrected chi connectivity index (χ0v) is 20.2. The zero-order valence-electron chi connectivity index (χ0n) is 20.2. The molecule has 0 saturated heterocycles. The van der Waals surface area contributed by atoms with Crippen molar-refractivity contribution in [2.45, 2.75) is 40.3 Å². The maximum Gasteiger partial charge on any atom is 0.259 e. The Labute approximate surface area is 200 Å². The topological polar surface area (TPSA) is 69.7 Å². The van der Waals surface area contributed by atoms with E-state index in [-0.39, 0.29) is 30.8 Å². The molecule has 1 aliphatic rings. The highest BCUT2D eigenvalue weighted by Crippen LogP contribution is 2.37. The first kappa shape index (κ1) is 23.5. The third-order valence-electron chi connectivity index (χ3n) is 6.23. The molecule has 176 valence electrons. The second kappa shape index (κ2) is 9.67. The third kappa shape index (κ3) is 4.67. The van der Waals surface area contributed by atoms with E-state index in [4.69, 9.17) is 0 Å². The number of carbonyl (C=O) groups is 3. The molecule has 0 spiro atoms. The lowest BCUT2D eigenvalue weighted by molar-refractivity contribution is -0.139. The van der Waals surface area contributed by atoms with Crippen LogP contribution in [0.4, 0.5) is 5.69 Å². The first-order valence-electron chi connectivity index (χ1n) is 11.7. The van der Waals surface area contributed by atoms with Gasteiger partial charge in [0, 0.05) is 24.0 Å². The highest BCUT2D eigenvalue weighted by Gasteiger charge is 2.34. The van der Waals surface area contributed by atoms with Gasteiger partial charge in [-0.25, -0.2) is 0 Å². The van der Waals surface area contributed by atoms with Gasteiger partial charge >= 0.3 is 0 Å². The molecule has 1 atom stereocenters. The van der Waals surface area contributed by atoms with Gasteiger partial charge in [-0.2, -0.15) is 0 Å². The molecule has 1 unspecified atom stereocenters. The Bertz CT molecular complexity index is 1250. The average molecular weight is 458 g/mol. The molecule has 0 fully saturated rings. The predicted octanol–water partition coefficient (Wildman–Crippen LogP) is 4.30. The Morgan fingerprint density at radius 2 is 1.71 bits per heavy atom. The summed E-state index contributed by atoms with van der Waals surface area (Å²) in [6, 6.07) is 18.6. The van der Waals surface area contributed by atoms with Crippen molar-refractivity contribution in [2.75, 3.05) is 18.0 Å². The van der Waals surface area contributed by atoms with Gasteiger partial charge in [0.15, 0.2) is 0 Å². The van der Waals surface area contributed by atoms with Crippen molar-refractivity contribution in [1.29, 1.82) is 0 Å². The van der Waals surface area contributed by atoms with Crippen LogP contribution in [0.1, 0.15) is 42.3 Å². The minimum absolute atomic E-state index is 0.125. The number of hydrogen-bond acceptors (Lipinski definition) is 3. The van der Waals surface area contributed by atoms with Gasteiger partial charge in [0.2, 0.25) is 11.8 Å². The van der Waals surface area contributed by atoms with E-state index in [1.807, 2.05) is 75.4 Å². The van der Waals surface area contributed by atoms with Crippen molar-refractivity contribution in [3.63, 3.8) is 0 Å². The van der Waals surface area contributed by atoms with Gasteiger partial charge in [-0.3, -0.25) is 19.3 Å². The van der Waals surface area contributed by atoms with Crippen molar-refractivity contribution in [3.05, 3.63) is 77.4 Å². The van der Waals surface area contributed by atoms with Crippen molar-refractivity contribution >= 4 is 34.2 Å². The Hall–Kier alpha value is -3.67. The first-order valence-corrected chi connectivity index (χ1v) is 11.7. The maximum absolute atomic E-state index is 13.6. The van der Waals surface area contributed by atoms with Crippen molar-refractivity contribution in [1.82, 2.24) is 10.2 Å². The number of carbonyl (C=O) groups excluding carboxylic acids is 3. The minimum Gasteiger partial charge on any atom is -0.354 e. The first-order chi connectivity index (χ1) is 16.3. The minimum atomic E-state index is -0.678. The summed E-state index contributed by atoms with van der Waals surface area (Å²) in [5, 5.41) is 4.77. The van der Waals surface area contributed by atoms with Gasteiger partial charge in [0.25, 0.3) is 5.91 Å². The van der Waals surface area contributed by atoms with E-state index in [1.54, 1.807) is 17.9 Å². The van der Waals surface area contributed by atoms with E-state index < -0.39 is 6.04 Å². The molecule has 1 heterocycles. The summed E-state index contributed by atoms with van der Waals surface area (Å²) in [6.07, 6.45) is 0. The van der Waals surface area contributed by atoms with Gasteiger partial charge in [-0.05, 0) is 42.8 Å². The number of amides is 3. The molecule has 0 bridgehead atoms. The molecule has 1 aliphatic heterocycles. The summed E-state index contributed by atoms with van der Waals surface area (Å²) >= 11 is 0.